The van der Waals surface area contributed by atoms with Crippen LogP contribution in [-0.4, -0.2) is 15.9 Å². The van der Waals surface area contributed by atoms with E-state index in [0.717, 1.165) is 0 Å². The Bertz CT molecular complexity index is 1360. The van der Waals surface area contributed by atoms with E-state index in [0.29, 0.717) is 27.2 Å². The third-order valence-electron chi connectivity index (χ3n) is 4.93. The van der Waals surface area contributed by atoms with Gasteiger partial charge in [-0.3, -0.25) is 9.59 Å². The molecule has 0 aliphatic carbocycles. The van der Waals surface area contributed by atoms with Crippen LogP contribution in [0, 0.1) is 25.5 Å². The van der Waals surface area contributed by atoms with Crippen molar-refractivity contribution in [3.05, 3.63) is 90.6 Å². The van der Waals surface area contributed by atoms with Gasteiger partial charge >= 0.3 is 0 Å². The van der Waals surface area contributed by atoms with Crippen LogP contribution in [0.2, 0.25) is 5.02 Å². The summed E-state index contributed by atoms with van der Waals surface area (Å²) in [5.74, 6) is -1.53. The fourth-order valence-electron chi connectivity index (χ4n) is 3.39. The van der Waals surface area contributed by atoms with Gasteiger partial charge in [-0.05, 0) is 43.2 Å². The molecular formula is C22H16ClF2N3O2S. The third kappa shape index (κ3) is 3.96. The SMILES string of the molecule is Cc1cc(N(Cc2cc(=O)[nH]c3c(F)cccc23)C(=O)c2scnc2C)cc(Cl)c1F. The number of amides is 1. The molecule has 5 nitrogen and oxygen atoms in total. The number of aromatic amines is 1. The molecule has 4 rings (SSSR count). The first-order valence-corrected chi connectivity index (χ1v) is 10.5. The van der Waals surface area contributed by atoms with Crippen molar-refractivity contribution in [2.24, 2.45) is 0 Å². The number of hydrogen-bond donors (Lipinski definition) is 1. The first-order chi connectivity index (χ1) is 14.8. The van der Waals surface area contributed by atoms with Crippen LogP contribution in [0.4, 0.5) is 14.5 Å². The van der Waals surface area contributed by atoms with Gasteiger partial charge in [0.05, 0.1) is 28.3 Å². The van der Waals surface area contributed by atoms with Gasteiger partial charge in [-0.2, -0.15) is 0 Å². The van der Waals surface area contributed by atoms with E-state index in [1.54, 1.807) is 25.4 Å². The number of para-hydroxylation sites is 1. The van der Waals surface area contributed by atoms with Crippen LogP contribution < -0.4 is 10.5 Å². The standard InChI is InChI=1S/C22H16ClF2N3O2S/c1-11-6-14(8-16(23)19(11)25)28(22(30)21-12(2)26-10-31-21)9-13-7-18(29)27-20-15(13)4-3-5-17(20)24/h3-8,10H,9H2,1-2H3,(H,27,29). The second kappa shape index (κ2) is 8.20. The Labute approximate surface area is 184 Å². The van der Waals surface area contributed by atoms with Crippen LogP contribution in [0.25, 0.3) is 10.9 Å². The Kier molecular flexibility index (Phi) is 5.60. The van der Waals surface area contributed by atoms with E-state index in [9.17, 15) is 18.4 Å². The second-order valence-electron chi connectivity index (χ2n) is 7.04. The molecule has 2 aromatic heterocycles. The number of carbonyl (C=O) groups excluding carboxylic acids is 1. The lowest BCUT2D eigenvalue weighted by molar-refractivity contribution is 0.0988. The lowest BCUT2D eigenvalue weighted by Crippen LogP contribution is -2.31. The lowest BCUT2D eigenvalue weighted by Gasteiger charge is -2.24. The van der Waals surface area contributed by atoms with E-state index in [-0.39, 0.29) is 28.6 Å². The summed E-state index contributed by atoms with van der Waals surface area (Å²) in [5.41, 5.74) is 2.72. The van der Waals surface area contributed by atoms with E-state index >= 15 is 0 Å². The van der Waals surface area contributed by atoms with E-state index in [1.165, 1.54) is 46.6 Å². The molecular weight excluding hydrogens is 444 g/mol. The number of H-pyrrole nitrogens is 1. The Morgan fingerprint density at radius 2 is 2.00 bits per heavy atom. The Hall–Kier alpha value is -3.10. The van der Waals surface area contributed by atoms with Crippen LogP contribution in [0.3, 0.4) is 0 Å². The van der Waals surface area contributed by atoms with Crippen LogP contribution in [0.5, 0.6) is 0 Å². The maximum absolute atomic E-state index is 14.3. The summed E-state index contributed by atoms with van der Waals surface area (Å²) < 4.78 is 28.4. The molecule has 1 N–H and O–H groups in total. The maximum atomic E-state index is 14.3. The van der Waals surface area contributed by atoms with Crippen molar-refractivity contribution in [1.29, 1.82) is 0 Å². The monoisotopic (exact) mass is 459 g/mol. The van der Waals surface area contributed by atoms with Gasteiger partial charge in [0.1, 0.15) is 16.5 Å². The van der Waals surface area contributed by atoms with Crippen LogP contribution >= 0.6 is 22.9 Å². The Balaban J connectivity index is 1.90. The van der Waals surface area contributed by atoms with Gasteiger partial charge in [-0.25, -0.2) is 13.8 Å². The van der Waals surface area contributed by atoms with Crippen molar-refractivity contribution < 1.29 is 13.6 Å². The molecule has 0 fully saturated rings. The fraction of sp³-hybridized carbons (Fsp3) is 0.136. The first-order valence-electron chi connectivity index (χ1n) is 9.24. The van der Waals surface area contributed by atoms with Crippen molar-refractivity contribution in [3.8, 4) is 0 Å². The maximum Gasteiger partial charge on any atom is 0.270 e. The van der Waals surface area contributed by atoms with Crippen molar-refractivity contribution in [1.82, 2.24) is 9.97 Å². The molecule has 0 saturated carbocycles. The average Bonchev–Trinajstić information content (AvgIpc) is 3.16. The van der Waals surface area contributed by atoms with Crippen molar-refractivity contribution in [2.75, 3.05) is 4.90 Å². The highest BCUT2D eigenvalue weighted by molar-refractivity contribution is 7.12. The fourth-order valence-corrected chi connectivity index (χ4v) is 4.40. The topological polar surface area (TPSA) is 66.1 Å². The summed E-state index contributed by atoms with van der Waals surface area (Å²) in [6, 6.07) is 8.61. The highest BCUT2D eigenvalue weighted by Gasteiger charge is 2.24. The smallest absolute Gasteiger partial charge is 0.270 e. The second-order valence-corrected chi connectivity index (χ2v) is 8.30. The predicted octanol–water partition coefficient (Wildman–Crippen LogP) is 5.38. The summed E-state index contributed by atoms with van der Waals surface area (Å²) >= 11 is 7.22. The number of thiazole rings is 1. The Morgan fingerprint density at radius 3 is 2.68 bits per heavy atom. The Morgan fingerprint density at radius 1 is 1.23 bits per heavy atom. The molecule has 0 aliphatic heterocycles. The molecule has 158 valence electrons. The largest absolute Gasteiger partial charge is 0.319 e. The lowest BCUT2D eigenvalue weighted by atomic mass is 10.1. The molecule has 0 saturated heterocycles. The van der Waals surface area contributed by atoms with Gasteiger partial charge < -0.3 is 9.88 Å². The molecule has 4 aromatic rings. The highest BCUT2D eigenvalue weighted by Crippen LogP contribution is 2.30. The van der Waals surface area contributed by atoms with E-state index in [2.05, 4.69) is 9.97 Å². The molecule has 0 aliphatic rings. The normalized spacial score (nSPS) is 11.1. The van der Waals surface area contributed by atoms with E-state index in [4.69, 9.17) is 11.6 Å². The number of aromatic nitrogens is 2. The number of benzene rings is 2. The zero-order valence-corrected chi connectivity index (χ0v) is 18.1. The molecule has 1 amide bonds. The molecule has 0 atom stereocenters. The summed E-state index contributed by atoms with van der Waals surface area (Å²) in [7, 11) is 0. The summed E-state index contributed by atoms with van der Waals surface area (Å²) in [6.45, 7) is 3.20. The number of hydrogen-bond acceptors (Lipinski definition) is 4. The quantitative estimate of drug-likeness (QED) is 0.445. The summed E-state index contributed by atoms with van der Waals surface area (Å²) in [5, 5.41) is 0.332. The molecule has 2 heterocycles. The number of nitrogens with one attached hydrogen (secondary N) is 1. The number of aryl methyl sites for hydroxylation is 2. The van der Waals surface area contributed by atoms with E-state index in [1.807, 2.05) is 0 Å². The predicted molar refractivity (Wildman–Crippen MR) is 118 cm³/mol. The van der Waals surface area contributed by atoms with Crippen molar-refractivity contribution >= 4 is 45.4 Å². The number of fused-ring (bicyclic) bond motifs is 1. The molecule has 0 bridgehead atoms. The minimum atomic E-state index is -0.576. The highest BCUT2D eigenvalue weighted by atomic mass is 35.5. The van der Waals surface area contributed by atoms with Gasteiger partial charge in [-0.1, -0.05) is 23.7 Å². The van der Waals surface area contributed by atoms with Gasteiger partial charge in [0.15, 0.2) is 0 Å². The van der Waals surface area contributed by atoms with Crippen LogP contribution in [0.1, 0.15) is 26.5 Å². The molecule has 0 radical (unpaired) electrons. The molecule has 2 aromatic carbocycles. The van der Waals surface area contributed by atoms with Gasteiger partial charge in [0, 0.05) is 17.1 Å². The summed E-state index contributed by atoms with van der Waals surface area (Å²) in [4.78, 5) is 34.0. The molecule has 9 heteroatoms. The zero-order valence-electron chi connectivity index (χ0n) is 16.5. The average molecular weight is 460 g/mol. The number of anilines is 1. The molecule has 31 heavy (non-hydrogen) atoms. The van der Waals surface area contributed by atoms with Crippen LogP contribution in [0.15, 0.2) is 46.7 Å². The minimum absolute atomic E-state index is 0.0541. The number of halogens is 3. The van der Waals surface area contributed by atoms with Crippen molar-refractivity contribution in [3.63, 3.8) is 0 Å². The van der Waals surface area contributed by atoms with Gasteiger partial charge in [0.2, 0.25) is 5.56 Å². The minimum Gasteiger partial charge on any atom is -0.319 e. The third-order valence-corrected chi connectivity index (χ3v) is 6.12. The van der Waals surface area contributed by atoms with Gasteiger partial charge in [-0.15, -0.1) is 11.3 Å². The number of nitrogens with zero attached hydrogens (tertiary/aromatic N) is 2. The van der Waals surface area contributed by atoms with Gasteiger partial charge in [0.25, 0.3) is 5.91 Å². The number of pyridine rings is 1. The number of carbonyl (C=O) groups is 1. The molecule has 0 unspecified atom stereocenters. The van der Waals surface area contributed by atoms with Crippen molar-refractivity contribution in [2.45, 2.75) is 20.4 Å². The van der Waals surface area contributed by atoms with E-state index < -0.39 is 17.2 Å². The molecule has 0 spiro atoms. The number of rotatable bonds is 4. The zero-order chi connectivity index (χ0) is 22.3. The van der Waals surface area contributed by atoms with Crippen LogP contribution in [-0.2, 0) is 6.54 Å². The summed E-state index contributed by atoms with van der Waals surface area (Å²) in [6.07, 6.45) is 0. The first kappa shape index (κ1) is 21.1.